The number of hydrogen-bond donors (Lipinski definition) is 0. The van der Waals surface area contributed by atoms with E-state index in [4.69, 9.17) is 9.47 Å². The summed E-state index contributed by atoms with van der Waals surface area (Å²) < 4.78 is 10.2. The van der Waals surface area contributed by atoms with E-state index in [1.54, 1.807) is 6.92 Å². The molecule has 4 nitrogen and oxygen atoms in total. The van der Waals surface area contributed by atoms with Crippen molar-refractivity contribution in [3.8, 4) is 0 Å². The zero-order valence-electron chi connectivity index (χ0n) is 11.7. The van der Waals surface area contributed by atoms with Crippen LogP contribution >= 0.6 is 0 Å². The fraction of sp³-hybridized carbons (Fsp3) is 0.733. The molecule has 0 aromatic rings. The maximum absolute atomic E-state index is 12.3. The SMILES string of the molecule is CCOC(=O)CCC1(C(=O)OCC)CC2C=CC1C2. The topological polar surface area (TPSA) is 52.6 Å². The van der Waals surface area contributed by atoms with Crippen LogP contribution in [0.3, 0.4) is 0 Å². The summed E-state index contributed by atoms with van der Waals surface area (Å²) in [5.74, 6) is 0.330. The minimum absolute atomic E-state index is 0.142. The average Bonchev–Trinajstić information content (AvgIpc) is 2.98. The lowest BCUT2D eigenvalue weighted by Gasteiger charge is -2.32. The summed E-state index contributed by atoms with van der Waals surface area (Å²) in [5, 5.41) is 0. The fourth-order valence-electron chi connectivity index (χ4n) is 3.41. The van der Waals surface area contributed by atoms with Crippen LogP contribution in [0.15, 0.2) is 12.2 Å². The van der Waals surface area contributed by atoms with Crippen molar-refractivity contribution in [2.75, 3.05) is 13.2 Å². The van der Waals surface area contributed by atoms with Gasteiger partial charge in [0, 0.05) is 6.42 Å². The molecule has 3 unspecified atom stereocenters. The van der Waals surface area contributed by atoms with Gasteiger partial charge in [-0.1, -0.05) is 12.2 Å². The molecule has 2 aliphatic rings. The van der Waals surface area contributed by atoms with Gasteiger partial charge >= 0.3 is 11.9 Å². The average molecular weight is 266 g/mol. The third-order valence-electron chi connectivity index (χ3n) is 4.27. The Morgan fingerprint density at radius 3 is 2.47 bits per heavy atom. The summed E-state index contributed by atoms with van der Waals surface area (Å²) in [5.41, 5.74) is -0.498. The van der Waals surface area contributed by atoms with Crippen LogP contribution in [0, 0.1) is 17.3 Å². The van der Waals surface area contributed by atoms with Gasteiger partial charge in [0.2, 0.25) is 0 Å². The zero-order valence-corrected chi connectivity index (χ0v) is 11.7. The molecule has 0 amide bonds. The minimum atomic E-state index is -0.498. The first-order valence-corrected chi connectivity index (χ1v) is 7.13. The molecule has 0 N–H and O–H groups in total. The first kappa shape index (κ1) is 14.1. The normalized spacial score (nSPS) is 31.5. The molecule has 0 aromatic carbocycles. The van der Waals surface area contributed by atoms with E-state index >= 15 is 0 Å². The van der Waals surface area contributed by atoms with Gasteiger partial charge in [-0.3, -0.25) is 9.59 Å². The summed E-state index contributed by atoms with van der Waals surface area (Å²) in [6, 6.07) is 0. The molecular formula is C15H22O4. The minimum Gasteiger partial charge on any atom is -0.466 e. The molecule has 1 fully saturated rings. The Kier molecular flexibility index (Phi) is 4.27. The number of carbonyl (C=O) groups is 2. The number of rotatable bonds is 6. The molecule has 0 heterocycles. The summed E-state index contributed by atoms with van der Waals surface area (Å²) in [6.07, 6.45) is 6.97. The Bertz CT molecular complexity index is 388. The summed E-state index contributed by atoms with van der Waals surface area (Å²) in [4.78, 5) is 23.9. The van der Waals surface area contributed by atoms with E-state index in [2.05, 4.69) is 12.2 Å². The van der Waals surface area contributed by atoms with E-state index in [0.29, 0.717) is 32.0 Å². The van der Waals surface area contributed by atoms with Crippen LogP contribution in [0.25, 0.3) is 0 Å². The smallest absolute Gasteiger partial charge is 0.312 e. The molecule has 106 valence electrons. The molecule has 3 atom stereocenters. The molecule has 2 bridgehead atoms. The largest absolute Gasteiger partial charge is 0.466 e. The molecular weight excluding hydrogens is 244 g/mol. The van der Waals surface area contributed by atoms with Gasteiger partial charge in [0.05, 0.1) is 18.6 Å². The number of hydrogen-bond acceptors (Lipinski definition) is 4. The Labute approximate surface area is 114 Å². The standard InChI is InChI=1S/C15H22O4/c1-3-18-13(16)7-8-15(14(17)19-4-2)10-11-5-6-12(15)9-11/h5-6,11-12H,3-4,7-10H2,1-2H3. The summed E-state index contributed by atoms with van der Waals surface area (Å²) >= 11 is 0. The molecule has 0 aliphatic heterocycles. The van der Waals surface area contributed by atoms with Crippen molar-refractivity contribution in [2.45, 2.75) is 39.5 Å². The van der Waals surface area contributed by atoms with Gasteiger partial charge in [0.25, 0.3) is 0 Å². The second kappa shape index (κ2) is 5.76. The maximum Gasteiger partial charge on any atom is 0.312 e. The van der Waals surface area contributed by atoms with Gasteiger partial charge < -0.3 is 9.47 Å². The van der Waals surface area contributed by atoms with Crippen molar-refractivity contribution in [3.05, 3.63) is 12.2 Å². The Morgan fingerprint density at radius 2 is 1.95 bits per heavy atom. The van der Waals surface area contributed by atoms with Crippen LogP contribution in [0.2, 0.25) is 0 Å². The highest BCUT2D eigenvalue weighted by Gasteiger charge is 2.54. The van der Waals surface area contributed by atoms with Crippen molar-refractivity contribution in [2.24, 2.45) is 17.3 Å². The molecule has 19 heavy (non-hydrogen) atoms. The van der Waals surface area contributed by atoms with Crippen LogP contribution < -0.4 is 0 Å². The Hall–Kier alpha value is -1.32. The number of esters is 2. The Balaban J connectivity index is 2.06. The first-order chi connectivity index (χ1) is 9.12. The summed E-state index contributed by atoms with van der Waals surface area (Å²) in [6.45, 7) is 4.39. The zero-order chi connectivity index (χ0) is 13.9. The van der Waals surface area contributed by atoms with Crippen LogP contribution in [0.1, 0.15) is 39.5 Å². The van der Waals surface area contributed by atoms with Gasteiger partial charge in [0.15, 0.2) is 0 Å². The van der Waals surface area contributed by atoms with Crippen molar-refractivity contribution in [3.63, 3.8) is 0 Å². The lowest BCUT2D eigenvalue weighted by atomic mass is 9.72. The van der Waals surface area contributed by atoms with Gasteiger partial charge in [-0.2, -0.15) is 0 Å². The van der Waals surface area contributed by atoms with E-state index in [9.17, 15) is 9.59 Å². The number of ether oxygens (including phenoxy) is 2. The van der Waals surface area contributed by atoms with Crippen LogP contribution in [0.5, 0.6) is 0 Å². The van der Waals surface area contributed by atoms with Crippen molar-refractivity contribution >= 4 is 11.9 Å². The number of fused-ring (bicyclic) bond motifs is 2. The van der Waals surface area contributed by atoms with Gasteiger partial charge in [-0.25, -0.2) is 0 Å². The van der Waals surface area contributed by atoms with Crippen molar-refractivity contribution in [1.29, 1.82) is 0 Å². The third-order valence-corrected chi connectivity index (χ3v) is 4.27. The van der Waals surface area contributed by atoms with Crippen molar-refractivity contribution in [1.82, 2.24) is 0 Å². The summed E-state index contributed by atoms with van der Waals surface area (Å²) in [7, 11) is 0. The fourth-order valence-corrected chi connectivity index (χ4v) is 3.41. The number of carbonyl (C=O) groups excluding carboxylic acids is 2. The molecule has 0 aromatic heterocycles. The molecule has 2 aliphatic carbocycles. The number of allylic oxidation sites excluding steroid dienone is 2. The van der Waals surface area contributed by atoms with Gasteiger partial charge in [-0.05, 0) is 44.9 Å². The quantitative estimate of drug-likeness (QED) is 0.547. The van der Waals surface area contributed by atoms with E-state index in [0.717, 1.165) is 12.8 Å². The highest BCUT2D eigenvalue weighted by Crippen LogP contribution is 2.55. The third kappa shape index (κ3) is 2.67. The molecule has 4 heteroatoms. The van der Waals surface area contributed by atoms with Gasteiger partial charge in [-0.15, -0.1) is 0 Å². The maximum atomic E-state index is 12.3. The van der Waals surface area contributed by atoms with E-state index in [1.807, 2.05) is 6.92 Å². The second-order valence-corrected chi connectivity index (χ2v) is 5.37. The lowest BCUT2D eigenvalue weighted by Crippen LogP contribution is -2.37. The van der Waals surface area contributed by atoms with Crippen LogP contribution in [-0.4, -0.2) is 25.2 Å². The first-order valence-electron chi connectivity index (χ1n) is 7.13. The van der Waals surface area contributed by atoms with Crippen molar-refractivity contribution < 1.29 is 19.1 Å². The van der Waals surface area contributed by atoms with Crippen LogP contribution in [-0.2, 0) is 19.1 Å². The Morgan fingerprint density at radius 1 is 1.21 bits per heavy atom. The highest BCUT2D eigenvalue weighted by atomic mass is 16.5. The van der Waals surface area contributed by atoms with E-state index in [-0.39, 0.29) is 17.9 Å². The van der Waals surface area contributed by atoms with Gasteiger partial charge in [0.1, 0.15) is 0 Å². The van der Waals surface area contributed by atoms with E-state index in [1.165, 1.54) is 0 Å². The molecule has 0 radical (unpaired) electrons. The highest BCUT2D eigenvalue weighted by molar-refractivity contribution is 5.80. The second-order valence-electron chi connectivity index (χ2n) is 5.37. The monoisotopic (exact) mass is 266 g/mol. The molecule has 2 rings (SSSR count). The lowest BCUT2D eigenvalue weighted by molar-refractivity contribution is -0.158. The molecule has 1 saturated carbocycles. The molecule has 0 saturated heterocycles. The predicted octanol–water partition coefficient (Wildman–Crippen LogP) is 2.48. The van der Waals surface area contributed by atoms with E-state index < -0.39 is 5.41 Å². The predicted molar refractivity (Wildman–Crippen MR) is 70.3 cm³/mol. The van der Waals surface area contributed by atoms with Crippen LogP contribution in [0.4, 0.5) is 0 Å². The molecule has 0 spiro atoms.